The van der Waals surface area contributed by atoms with Crippen molar-refractivity contribution in [1.82, 2.24) is 0 Å². The Morgan fingerprint density at radius 2 is 2.00 bits per heavy atom. The number of hydrogen-bond donors (Lipinski definition) is 0. The quantitative estimate of drug-likeness (QED) is 0.546. The molecule has 1 aromatic carbocycles. The van der Waals surface area contributed by atoms with E-state index in [9.17, 15) is 0 Å². The van der Waals surface area contributed by atoms with Crippen LogP contribution in [0.25, 0.3) is 5.57 Å². The van der Waals surface area contributed by atoms with Crippen molar-refractivity contribution in [3.05, 3.63) is 35.6 Å². The molecule has 0 atom stereocenters. The Hall–Kier alpha value is -1.44. The third kappa shape index (κ3) is 1.05. The summed E-state index contributed by atoms with van der Waals surface area (Å²) in [5, 5.41) is 0. The minimum Gasteiger partial charge on any atom is -0.298 e. The molecule has 0 bridgehead atoms. The lowest BCUT2D eigenvalue weighted by Crippen LogP contribution is -2.00. The van der Waals surface area contributed by atoms with Gasteiger partial charge in [0.1, 0.15) is 6.26 Å². The first-order chi connectivity index (χ1) is 5.77. The van der Waals surface area contributed by atoms with E-state index in [1.165, 1.54) is 5.56 Å². The van der Waals surface area contributed by atoms with Crippen LogP contribution in [0.3, 0.4) is 0 Å². The fraction of sp³-hybridized carbons (Fsp3) is 0.200. The van der Waals surface area contributed by atoms with Gasteiger partial charge in [-0.15, -0.1) is 0 Å². The summed E-state index contributed by atoms with van der Waals surface area (Å²) >= 11 is 0. The largest absolute Gasteiger partial charge is 0.298 e. The molecule has 0 unspecified atom stereocenters. The molecule has 0 radical (unpaired) electrons. The molecule has 2 heteroatoms. The zero-order valence-corrected chi connectivity index (χ0v) is 7.13. The first-order valence-corrected chi connectivity index (χ1v) is 3.88. The van der Waals surface area contributed by atoms with Gasteiger partial charge in [0.25, 0.3) is 0 Å². The maximum atomic E-state index is 5.00. The van der Waals surface area contributed by atoms with E-state index >= 15 is 0 Å². The molecule has 1 aliphatic heterocycles. The van der Waals surface area contributed by atoms with Crippen molar-refractivity contribution < 1.29 is 9.78 Å². The van der Waals surface area contributed by atoms with Crippen molar-refractivity contribution >= 4 is 5.57 Å². The average Bonchev–Trinajstić information content (AvgIpc) is 2.04. The summed E-state index contributed by atoms with van der Waals surface area (Å²) in [6, 6.07) is 6.07. The van der Waals surface area contributed by atoms with Crippen molar-refractivity contribution in [3.8, 4) is 5.75 Å². The molecule has 12 heavy (non-hydrogen) atoms. The van der Waals surface area contributed by atoms with Crippen LogP contribution in [0.2, 0.25) is 0 Å². The lowest BCUT2D eigenvalue weighted by molar-refractivity contribution is -0.151. The molecule has 0 saturated carbocycles. The maximum absolute atomic E-state index is 5.00. The van der Waals surface area contributed by atoms with Crippen LogP contribution >= 0.6 is 0 Å². The van der Waals surface area contributed by atoms with E-state index in [0.717, 1.165) is 16.9 Å². The molecule has 0 N–H and O–H groups in total. The molecule has 0 spiro atoms. The monoisotopic (exact) mass is 162 g/mol. The van der Waals surface area contributed by atoms with Crippen LogP contribution in [-0.2, 0) is 4.89 Å². The smallest absolute Gasteiger partial charge is 0.186 e. The number of rotatable bonds is 0. The first-order valence-electron chi connectivity index (χ1n) is 3.88. The summed E-state index contributed by atoms with van der Waals surface area (Å²) in [7, 11) is 0. The molecule has 0 fully saturated rings. The van der Waals surface area contributed by atoms with Gasteiger partial charge in [0, 0.05) is 5.56 Å². The van der Waals surface area contributed by atoms with E-state index in [1.54, 1.807) is 6.26 Å². The Balaban J connectivity index is 2.56. The Kier molecular flexibility index (Phi) is 1.54. The second-order valence-corrected chi connectivity index (χ2v) is 2.98. The van der Waals surface area contributed by atoms with Crippen LogP contribution in [-0.4, -0.2) is 0 Å². The fourth-order valence-corrected chi connectivity index (χ4v) is 1.24. The molecule has 62 valence electrons. The third-order valence-electron chi connectivity index (χ3n) is 1.92. The van der Waals surface area contributed by atoms with Gasteiger partial charge in [-0.25, -0.2) is 0 Å². The molecule has 0 saturated heterocycles. The molecule has 1 aromatic rings. The van der Waals surface area contributed by atoms with E-state index in [4.69, 9.17) is 9.78 Å². The van der Waals surface area contributed by atoms with Gasteiger partial charge in [0.2, 0.25) is 0 Å². The van der Waals surface area contributed by atoms with Crippen molar-refractivity contribution in [2.45, 2.75) is 13.8 Å². The molecule has 2 rings (SSSR count). The highest BCUT2D eigenvalue weighted by Crippen LogP contribution is 2.30. The summed E-state index contributed by atoms with van der Waals surface area (Å²) in [5.74, 6) is 0.801. The van der Waals surface area contributed by atoms with Crippen molar-refractivity contribution in [1.29, 1.82) is 0 Å². The van der Waals surface area contributed by atoms with Gasteiger partial charge in [-0.1, -0.05) is 12.1 Å². The van der Waals surface area contributed by atoms with Gasteiger partial charge < -0.3 is 0 Å². The van der Waals surface area contributed by atoms with E-state index in [2.05, 4.69) is 6.07 Å². The highest BCUT2D eigenvalue weighted by molar-refractivity contribution is 5.69. The molecular weight excluding hydrogens is 152 g/mol. The Morgan fingerprint density at radius 1 is 1.17 bits per heavy atom. The lowest BCUT2D eigenvalue weighted by atomic mass is 10.1. The second-order valence-electron chi connectivity index (χ2n) is 2.98. The number of aryl methyl sites for hydroxylation is 1. The first kappa shape index (κ1) is 7.22. The van der Waals surface area contributed by atoms with Crippen molar-refractivity contribution in [2.75, 3.05) is 0 Å². The molecule has 0 aliphatic carbocycles. The van der Waals surface area contributed by atoms with Crippen LogP contribution < -0.4 is 4.89 Å². The van der Waals surface area contributed by atoms with Crippen molar-refractivity contribution in [3.63, 3.8) is 0 Å². The Morgan fingerprint density at radius 3 is 2.83 bits per heavy atom. The molecule has 2 nitrogen and oxygen atoms in total. The van der Waals surface area contributed by atoms with Gasteiger partial charge in [-0.3, -0.25) is 9.78 Å². The van der Waals surface area contributed by atoms with Crippen LogP contribution in [0, 0.1) is 6.92 Å². The highest BCUT2D eigenvalue weighted by Gasteiger charge is 2.11. The molecule has 1 heterocycles. The summed E-state index contributed by atoms with van der Waals surface area (Å²) in [5.41, 5.74) is 3.37. The summed E-state index contributed by atoms with van der Waals surface area (Å²) in [6.45, 7) is 4.02. The SMILES string of the molecule is CC1=COOc2cc(C)ccc21. The molecule has 0 aromatic heterocycles. The van der Waals surface area contributed by atoms with E-state index in [0.29, 0.717) is 0 Å². The number of benzene rings is 1. The highest BCUT2D eigenvalue weighted by atomic mass is 17.2. The second kappa shape index (κ2) is 2.55. The predicted molar refractivity (Wildman–Crippen MR) is 46.5 cm³/mol. The Bertz CT molecular complexity index is 340. The maximum Gasteiger partial charge on any atom is 0.186 e. The Labute approximate surface area is 71.4 Å². The summed E-state index contributed by atoms with van der Waals surface area (Å²) < 4.78 is 0. The summed E-state index contributed by atoms with van der Waals surface area (Å²) in [6.07, 6.45) is 1.61. The van der Waals surface area contributed by atoms with Gasteiger partial charge >= 0.3 is 0 Å². The van der Waals surface area contributed by atoms with E-state index in [1.807, 2.05) is 26.0 Å². The minimum atomic E-state index is 0.801. The predicted octanol–water partition coefficient (Wildman–Crippen LogP) is 2.68. The zero-order valence-electron chi connectivity index (χ0n) is 7.13. The molecule has 0 amide bonds. The summed E-state index contributed by atoms with van der Waals surface area (Å²) in [4.78, 5) is 9.80. The van der Waals surface area contributed by atoms with Crippen LogP contribution in [0.4, 0.5) is 0 Å². The van der Waals surface area contributed by atoms with Gasteiger partial charge in [-0.05, 0) is 31.1 Å². The zero-order chi connectivity index (χ0) is 8.55. The standard InChI is InChI=1S/C10H10O2/c1-7-3-4-9-8(2)6-11-12-10(9)5-7/h3-6H,1-2H3. The van der Waals surface area contributed by atoms with Crippen LogP contribution in [0.5, 0.6) is 5.75 Å². The minimum absolute atomic E-state index is 0.801. The van der Waals surface area contributed by atoms with E-state index in [-0.39, 0.29) is 0 Å². The van der Waals surface area contributed by atoms with Gasteiger partial charge in [-0.2, -0.15) is 0 Å². The van der Waals surface area contributed by atoms with Crippen LogP contribution in [0.1, 0.15) is 18.1 Å². The fourth-order valence-electron chi connectivity index (χ4n) is 1.24. The van der Waals surface area contributed by atoms with Crippen LogP contribution in [0.15, 0.2) is 24.5 Å². The van der Waals surface area contributed by atoms with Gasteiger partial charge in [0.15, 0.2) is 5.75 Å². The average molecular weight is 162 g/mol. The number of allylic oxidation sites excluding steroid dienone is 1. The normalized spacial score (nSPS) is 14.0. The molecule has 1 aliphatic rings. The third-order valence-corrected chi connectivity index (χ3v) is 1.92. The number of hydrogen-bond acceptors (Lipinski definition) is 2. The topological polar surface area (TPSA) is 18.5 Å². The van der Waals surface area contributed by atoms with E-state index < -0.39 is 0 Å². The lowest BCUT2D eigenvalue weighted by Gasteiger charge is -2.14. The van der Waals surface area contributed by atoms with Crippen molar-refractivity contribution in [2.24, 2.45) is 0 Å². The molecular formula is C10H10O2. The number of fused-ring (bicyclic) bond motifs is 1. The van der Waals surface area contributed by atoms with Gasteiger partial charge in [0.05, 0.1) is 0 Å².